The molecule has 0 radical (unpaired) electrons. The number of H-pyrrole nitrogens is 2. The van der Waals surface area contributed by atoms with Crippen molar-refractivity contribution < 1.29 is 0 Å². The van der Waals surface area contributed by atoms with E-state index >= 15 is 0 Å². The standard InChI is InChI=1S/C14H18N4O2/c15-8-1-3-9(4-2-8)16-10-5-6-11-12(7-10)17-14(20)18-13(11)19/h5-9,16H,1-4,15H2,(H2,17,18,19,20). The third-order valence-corrected chi connectivity index (χ3v) is 3.88. The normalized spacial score (nSPS) is 22.9. The first-order valence-corrected chi connectivity index (χ1v) is 6.90. The Morgan fingerprint density at radius 3 is 2.60 bits per heavy atom. The van der Waals surface area contributed by atoms with Gasteiger partial charge in [-0.2, -0.15) is 0 Å². The van der Waals surface area contributed by atoms with Crippen molar-refractivity contribution in [2.75, 3.05) is 5.32 Å². The summed E-state index contributed by atoms with van der Waals surface area (Å²) in [7, 11) is 0. The summed E-state index contributed by atoms with van der Waals surface area (Å²) in [6.45, 7) is 0. The van der Waals surface area contributed by atoms with Gasteiger partial charge in [0.1, 0.15) is 0 Å². The zero-order valence-electron chi connectivity index (χ0n) is 11.1. The van der Waals surface area contributed by atoms with Gasteiger partial charge in [0.25, 0.3) is 5.56 Å². The van der Waals surface area contributed by atoms with E-state index in [1.807, 2.05) is 6.07 Å². The minimum absolute atomic E-state index is 0.319. The molecule has 5 N–H and O–H groups in total. The van der Waals surface area contributed by atoms with Crippen molar-refractivity contribution in [3.63, 3.8) is 0 Å². The molecule has 0 saturated heterocycles. The Hall–Kier alpha value is -2.08. The van der Waals surface area contributed by atoms with Gasteiger partial charge in [0.05, 0.1) is 10.9 Å². The number of benzene rings is 1. The second-order valence-electron chi connectivity index (χ2n) is 5.42. The Balaban J connectivity index is 1.86. The number of aromatic amines is 2. The Kier molecular flexibility index (Phi) is 3.31. The Morgan fingerprint density at radius 2 is 1.85 bits per heavy atom. The van der Waals surface area contributed by atoms with Crippen LogP contribution in [0.25, 0.3) is 10.9 Å². The lowest BCUT2D eigenvalue weighted by atomic mass is 9.91. The number of aromatic nitrogens is 2. The third kappa shape index (κ3) is 2.60. The molecule has 1 heterocycles. The number of anilines is 1. The second kappa shape index (κ2) is 5.13. The summed E-state index contributed by atoms with van der Waals surface area (Å²) in [5.41, 5.74) is 6.52. The van der Waals surface area contributed by atoms with Crippen LogP contribution in [-0.4, -0.2) is 22.1 Å². The summed E-state index contributed by atoms with van der Waals surface area (Å²) in [6, 6.07) is 6.12. The van der Waals surface area contributed by atoms with Crippen molar-refractivity contribution >= 4 is 16.6 Å². The van der Waals surface area contributed by atoms with Crippen LogP contribution in [0.3, 0.4) is 0 Å². The number of nitrogens with one attached hydrogen (secondary N) is 3. The van der Waals surface area contributed by atoms with Crippen molar-refractivity contribution in [2.45, 2.75) is 37.8 Å². The van der Waals surface area contributed by atoms with Gasteiger partial charge in [-0.3, -0.25) is 9.78 Å². The lowest BCUT2D eigenvalue weighted by Crippen LogP contribution is -2.32. The summed E-state index contributed by atoms with van der Waals surface area (Å²) in [4.78, 5) is 27.8. The van der Waals surface area contributed by atoms with Crippen LogP contribution >= 0.6 is 0 Å². The van der Waals surface area contributed by atoms with Gasteiger partial charge in [0.2, 0.25) is 0 Å². The molecule has 0 spiro atoms. The number of nitrogens with two attached hydrogens (primary N) is 1. The van der Waals surface area contributed by atoms with E-state index in [0.29, 0.717) is 23.0 Å². The molecule has 1 saturated carbocycles. The van der Waals surface area contributed by atoms with Crippen molar-refractivity contribution in [3.05, 3.63) is 39.0 Å². The third-order valence-electron chi connectivity index (χ3n) is 3.88. The molecule has 6 nitrogen and oxygen atoms in total. The predicted molar refractivity (Wildman–Crippen MR) is 79.0 cm³/mol. The van der Waals surface area contributed by atoms with Crippen molar-refractivity contribution in [1.29, 1.82) is 0 Å². The first-order chi connectivity index (χ1) is 9.61. The first-order valence-electron chi connectivity index (χ1n) is 6.90. The second-order valence-corrected chi connectivity index (χ2v) is 5.42. The van der Waals surface area contributed by atoms with E-state index in [9.17, 15) is 9.59 Å². The monoisotopic (exact) mass is 274 g/mol. The molecule has 0 unspecified atom stereocenters. The van der Waals surface area contributed by atoms with Crippen LogP contribution in [0.4, 0.5) is 5.69 Å². The molecular formula is C14H18N4O2. The van der Waals surface area contributed by atoms with E-state index in [1.165, 1.54) is 0 Å². The fourth-order valence-electron chi connectivity index (χ4n) is 2.76. The van der Waals surface area contributed by atoms with Crippen molar-refractivity contribution in [1.82, 2.24) is 9.97 Å². The molecule has 1 aliphatic carbocycles. The van der Waals surface area contributed by atoms with Gasteiger partial charge in [0, 0.05) is 17.8 Å². The summed E-state index contributed by atoms with van der Waals surface area (Å²) in [6.07, 6.45) is 4.15. The summed E-state index contributed by atoms with van der Waals surface area (Å²) in [5.74, 6) is 0. The van der Waals surface area contributed by atoms with Crippen LogP contribution in [0, 0.1) is 0 Å². The van der Waals surface area contributed by atoms with E-state index < -0.39 is 5.69 Å². The van der Waals surface area contributed by atoms with Crippen LogP contribution in [0.5, 0.6) is 0 Å². The largest absolute Gasteiger partial charge is 0.382 e. The minimum atomic E-state index is -0.483. The molecule has 106 valence electrons. The van der Waals surface area contributed by atoms with Gasteiger partial charge in [-0.25, -0.2) is 4.79 Å². The van der Waals surface area contributed by atoms with Crippen LogP contribution in [-0.2, 0) is 0 Å². The lowest BCUT2D eigenvalue weighted by molar-refractivity contribution is 0.411. The zero-order valence-corrected chi connectivity index (χ0v) is 11.1. The van der Waals surface area contributed by atoms with Crippen LogP contribution in [0.2, 0.25) is 0 Å². The number of fused-ring (bicyclic) bond motifs is 1. The lowest BCUT2D eigenvalue weighted by Gasteiger charge is -2.27. The molecule has 0 aliphatic heterocycles. The Bertz CT molecular complexity index is 726. The number of hydrogen-bond acceptors (Lipinski definition) is 4. The molecule has 1 fully saturated rings. The number of hydrogen-bond donors (Lipinski definition) is 4. The highest BCUT2D eigenvalue weighted by Gasteiger charge is 2.18. The molecule has 2 aromatic rings. The molecule has 3 rings (SSSR count). The highest BCUT2D eigenvalue weighted by molar-refractivity contribution is 5.81. The zero-order chi connectivity index (χ0) is 14.1. The molecule has 6 heteroatoms. The van der Waals surface area contributed by atoms with E-state index in [2.05, 4.69) is 15.3 Å². The molecule has 1 aromatic carbocycles. The highest BCUT2D eigenvalue weighted by Crippen LogP contribution is 2.22. The van der Waals surface area contributed by atoms with Gasteiger partial charge in [0.15, 0.2) is 0 Å². The Morgan fingerprint density at radius 1 is 1.10 bits per heavy atom. The molecule has 0 bridgehead atoms. The molecule has 1 aromatic heterocycles. The molecule has 0 amide bonds. The molecule has 20 heavy (non-hydrogen) atoms. The van der Waals surface area contributed by atoms with Crippen molar-refractivity contribution in [3.8, 4) is 0 Å². The maximum Gasteiger partial charge on any atom is 0.326 e. The fraction of sp³-hybridized carbons (Fsp3) is 0.429. The highest BCUT2D eigenvalue weighted by atomic mass is 16.2. The van der Waals surface area contributed by atoms with E-state index in [4.69, 9.17) is 5.73 Å². The van der Waals surface area contributed by atoms with Gasteiger partial charge in [-0.1, -0.05) is 0 Å². The van der Waals surface area contributed by atoms with Gasteiger partial charge in [-0.05, 0) is 43.9 Å². The van der Waals surface area contributed by atoms with Gasteiger partial charge in [-0.15, -0.1) is 0 Å². The quantitative estimate of drug-likeness (QED) is 0.653. The Labute approximate surface area is 115 Å². The molecule has 0 atom stereocenters. The van der Waals surface area contributed by atoms with Crippen LogP contribution in [0.15, 0.2) is 27.8 Å². The topological polar surface area (TPSA) is 104 Å². The van der Waals surface area contributed by atoms with Crippen molar-refractivity contribution in [2.24, 2.45) is 5.73 Å². The SMILES string of the molecule is NC1CCC(Nc2ccc3c(=O)[nH]c(=O)[nH]c3c2)CC1. The number of rotatable bonds is 2. The smallest absolute Gasteiger partial charge is 0.326 e. The maximum absolute atomic E-state index is 11.6. The fourth-order valence-corrected chi connectivity index (χ4v) is 2.76. The van der Waals surface area contributed by atoms with Gasteiger partial charge >= 0.3 is 5.69 Å². The van der Waals surface area contributed by atoms with E-state index in [0.717, 1.165) is 31.4 Å². The molecular weight excluding hydrogens is 256 g/mol. The van der Waals surface area contributed by atoms with Crippen LogP contribution in [0.1, 0.15) is 25.7 Å². The van der Waals surface area contributed by atoms with Crippen LogP contribution < -0.4 is 22.3 Å². The predicted octanol–water partition coefficient (Wildman–Crippen LogP) is 0.898. The molecule has 1 aliphatic rings. The summed E-state index contributed by atoms with van der Waals surface area (Å²) < 4.78 is 0. The summed E-state index contributed by atoms with van der Waals surface area (Å²) in [5, 5.41) is 3.93. The van der Waals surface area contributed by atoms with E-state index in [-0.39, 0.29) is 5.56 Å². The minimum Gasteiger partial charge on any atom is -0.382 e. The average molecular weight is 274 g/mol. The average Bonchev–Trinajstić information content (AvgIpc) is 2.41. The summed E-state index contributed by atoms with van der Waals surface area (Å²) >= 11 is 0. The van der Waals surface area contributed by atoms with E-state index in [1.54, 1.807) is 12.1 Å². The van der Waals surface area contributed by atoms with Gasteiger partial charge < -0.3 is 16.0 Å². The first kappa shape index (κ1) is 12.9. The maximum atomic E-state index is 11.6.